The Morgan fingerprint density at radius 1 is 1.35 bits per heavy atom. The van der Waals surface area contributed by atoms with Crippen molar-refractivity contribution >= 4 is 10.0 Å². The first-order valence-corrected chi connectivity index (χ1v) is 7.57. The monoisotopic (exact) mass is 295 g/mol. The van der Waals surface area contributed by atoms with E-state index in [-0.39, 0.29) is 11.6 Å². The highest BCUT2D eigenvalue weighted by molar-refractivity contribution is 7.89. The largest absolute Gasteiger partial charge is 0.326 e. The van der Waals surface area contributed by atoms with Gasteiger partial charge in [0.1, 0.15) is 0 Å². The molecular formula is C12H17N5O2S. The fourth-order valence-corrected chi connectivity index (χ4v) is 3.06. The van der Waals surface area contributed by atoms with E-state index in [0.29, 0.717) is 18.5 Å². The first-order chi connectivity index (χ1) is 9.55. The maximum atomic E-state index is 12.4. The van der Waals surface area contributed by atoms with Crippen molar-refractivity contribution in [2.75, 3.05) is 13.6 Å². The van der Waals surface area contributed by atoms with E-state index in [0.717, 1.165) is 5.56 Å². The molecule has 0 aromatic carbocycles. The average Bonchev–Trinajstić information content (AvgIpc) is 2.95. The Labute approximate surface area is 117 Å². The summed E-state index contributed by atoms with van der Waals surface area (Å²) in [4.78, 5) is 3.93. The average molecular weight is 295 g/mol. The van der Waals surface area contributed by atoms with Crippen LogP contribution in [0.4, 0.5) is 0 Å². The Bertz CT molecular complexity index is 653. The second-order valence-corrected chi connectivity index (χ2v) is 6.34. The minimum Gasteiger partial charge on any atom is -0.326 e. The number of rotatable bonds is 6. The Morgan fingerprint density at radius 3 is 2.70 bits per heavy atom. The van der Waals surface area contributed by atoms with E-state index < -0.39 is 10.0 Å². The van der Waals surface area contributed by atoms with Crippen molar-refractivity contribution in [1.82, 2.24) is 19.5 Å². The van der Waals surface area contributed by atoms with Crippen molar-refractivity contribution in [2.45, 2.75) is 18.0 Å². The van der Waals surface area contributed by atoms with Crippen LogP contribution in [0, 0.1) is 0 Å². The molecule has 0 saturated heterocycles. The molecule has 0 spiro atoms. The lowest BCUT2D eigenvalue weighted by Gasteiger charge is -2.16. The highest BCUT2D eigenvalue weighted by Crippen LogP contribution is 2.16. The fourth-order valence-electron chi connectivity index (χ4n) is 1.78. The summed E-state index contributed by atoms with van der Waals surface area (Å²) in [5.41, 5.74) is 7.03. The van der Waals surface area contributed by atoms with Gasteiger partial charge < -0.3 is 5.73 Å². The molecule has 20 heavy (non-hydrogen) atoms. The Balaban J connectivity index is 2.10. The molecule has 2 aromatic rings. The van der Waals surface area contributed by atoms with E-state index in [4.69, 9.17) is 5.73 Å². The normalized spacial score (nSPS) is 11.9. The predicted molar refractivity (Wildman–Crippen MR) is 74.2 cm³/mol. The quantitative estimate of drug-likeness (QED) is 0.788. The van der Waals surface area contributed by atoms with Crippen LogP contribution in [0.2, 0.25) is 0 Å². The molecule has 0 bridgehead atoms. The summed E-state index contributed by atoms with van der Waals surface area (Å²) in [5.74, 6) is 0. The van der Waals surface area contributed by atoms with Crippen molar-refractivity contribution in [1.29, 1.82) is 0 Å². The maximum Gasteiger partial charge on any atom is 0.260 e. The zero-order valence-corrected chi connectivity index (χ0v) is 12.0. The fraction of sp³-hybridized carbons (Fsp3) is 0.333. The number of sulfonamides is 1. The number of nitrogens with zero attached hydrogens (tertiary/aromatic N) is 3. The summed E-state index contributed by atoms with van der Waals surface area (Å²) < 4.78 is 26.1. The van der Waals surface area contributed by atoms with E-state index in [1.54, 1.807) is 12.4 Å². The van der Waals surface area contributed by atoms with Gasteiger partial charge in [-0.05, 0) is 24.1 Å². The summed E-state index contributed by atoms with van der Waals surface area (Å²) in [6.45, 7) is 0.499. The molecule has 3 N–H and O–H groups in total. The van der Waals surface area contributed by atoms with Crippen LogP contribution >= 0.6 is 0 Å². The summed E-state index contributed by atoms with van der Waals surface area (Å²) in [7, 11) is -2.05. The number of nitrogens with two attached hydrogens (primary N) is 1. The summed E-state index contributed by atoms with van der Waals surface area (Å²) >= 11 is 0. The number of hydrogen-bond acceptors (Lipinski definition) is 5. The highest BCUT2D eigenvalue weighted by Gasteiger charge is 2.25. The van der Waals surface area contributed by atoms with Crippen LogP contribution < -0.4 is 5.73 Å². The van der Waals surface area contributed by atoms with Gasteiger partial charge >= 0.3 is 0 Å². The van der Waals surface area contributed by atoms with Crippen molar-refractivity contribution < 1.29 is 8.42 Å². The summed E-state index contributed by atoms with van der Waals surface area (Å²) in [6.07, 6.45) is 5.42. The molecule has 0 amide bonds. The third-order valence-corrected chi connectivity index (χ3v) is 4.90. The molecule has 2 aromatic heterocycles. The van der Waals surface area contributed by atoms with Gasteiger partial charge in [0.2, 0.25) is 0 Å². The second-order valence-electron chi connectivity index (χ2n) is 4.36. The van der Waals surface area contributed by atoms with Gasteiger partial charge in [0.05, 0.1) is 6.20 Å². The molecule has 0 aliphatic carbocycles. The summed E-state index contributed by atoms with van der Waals surface area (Å²) in [6, 6.07) is 3.73. The van der Waals surface area contributed by atoms with Crippen molar-refractivity contribution in [2.24, 2.45) is 5.73 Å². The van der Waals surface area contributed by atoms with Crippen LogP contribution in [0.25, 0.3) is 0 Å². The minimum atomic E-state index is -3.59. The van der Waals surface area contributed by atoms with Crippen molar-refractivity contribution in [3.8, 4) is 0 Å². The number of pyridine rings is 1. The van der Waals surface area contributed by atoms with E-state index >= 15 is 0 Å². The lowest BCUT2D eigenvalue weighted by molar-refractivity contribution is 0.468. The number of H-pyrrole nitrogens is 1. The van der Waals surface area contributed by atoms with Gasteiger partial charge in [-0.15, -0.1) is 0 Å². The van der Waals surface area contributed by atoms with Crippen LogP contribution in [0.3, 0.4) is 0 Å². The molecule has 0 fully saturated rings. The summed E-state index contributed by atoms with van der Waals surface area (Å²) in [5, 5.41) is 6.31. The number of aromatic amines is 1. The number of likely N-dealkylation sites (N-methyl/N-ethyl adjacent to an activating group) is 1. The molecule has 108 valence electrons. The SMILES string of the molecule is CN(CCc1ccncc1)S(=O)(=O)c1[nH]ncc1CN. The van der Waals surface area contributed by atoms with Crippen LogP contribution in [0.5, 0.6) is 0 Å². The van der Waals surface area contributed by atoms with Crippen LogP contribution in [-0.4, -0.2) is 41.5 Å². The standard InChI is InChI=1S/C12H17N5O2S/c1-17(7-4-10-2-5-14-6-3-10)20(18,19)12-11(8-13)9-15-16-12/h2-3,5-6,9H,4,7-8,13H2,1H3,(H,15,16). The topological polar surface area (TPSA) is 105 Å². The lowest BCUT2D eigenvalue weighted by Crippen LogP contribution is -2.30. The van der Waals surface area contributed by atoms with Crippen LogP contribution in [-0.2, 0) is 23.0 Å². The number of nitrogens with one attached hydrogen (secondary N) is 1. The smallest absolute Gasteiger partial charge is 0.260 e. The number of aromatic nitrogens is 3. The molecule has 0 atom stereocenters. The van der Waals surface area contributed by atoms with Gasteiger partial charge in [-0.25, -0.2) is 8.42 Å². The van der Waals surface area contributed by atoms with Gasteiger partial charge in [-0.2, -0.15) is 9.40 Å². The minimum absolute atomic E-state index is 0.0669. The number of hydrogen-bond donors (Lipinski definition) is 2. The van der Waals surface area contributed by atoms with Crippen LogP contribution in [0.1, 0.15) is 11.1 Å². The zero-order valence-electron chi connectivity index (χ0n) is 11.2. The molecule has 2 heterocycles. The van der Waals surface area contributed by atoms with Gasteiger partial charge in [-0.1, -0.05) is 0 Å². The van der Waals surface area contributed by atoms with Crippen molar-refractivity contribution in [3.63, 3.8) is 0 Å². The molecule has 2 rings (SSSR count). The molecule has 8 heteroatoms. The van der Waals surface area contributed by atoms with Crippen molar-refractivity contribution in [3.05, 3.63) is 41.9 Å². The van der Waals surface area contributed by atoms with Gasteiger partial charge in [0.25, 0.3) is 10.0 Å². The molecular weight excluding hydrogens is 278 g/mol. The van der Waals surface area contributed by atoms with Gasteiger partial charge in [0.15, 0.2) is 5.03 Å². The highest BCUT2D eigenvalue weighted by atomic mass is 32.2. The first kappa shape index (κ1) is 14.6. The van der Waals surface area contributed by atoms with Gasteiger partial charge in [0, 0.05) is 38.1 Å². The molecule has 7 nitrogen and oxygen atoms in total. The Kier molecular flexibility index (Phi) is 4.48. The zero-order chi connectivity index (χ0) is 14.6. The third kappa shape index (κ3) is 3.03. The van der Waals surface area contributed by atoms with E-state index in [1.807, 2.05) is 12.1 Å². The van der Waals surface area contributed by atoms with E-state index in [2.05, 4.69) is 15.2 Å². The molecule has 0 radical (unpaired) electrons. The van der Waals surface area contributed by atoms with E-state index in [9.17, 15) is 8.42 Å². The molecule has 0 unspecified atom stereocenters. The Morgan fingerprint density at radius 2 is 2.05 bits per heavy atom. The Hall–Kier alpha value is -1.77. The second kappa shape index (κ2) is 6.12. The predicted octanol–water partition coefficient (Wildman–Crippen LogP) is 0.127. The molecule has 0 saturated carbocycles. The van der Waals surface area contributed by atoms with Gasteiger partial charge in [-0.3, -0.25) is 10.1 Å². The maximum absolute atomic E-state index is 12.4. The first-order valence-electron chi connectivity index (χ1n) is 6.13. The third-order valence-electron chi connectivity index (χ3n) is 3.03. The molecule has 0 aliphatic rings. The van der Waals surface area contributed by atoms with Crippen LogP contribution in [0.15, 0.2) is 35.7 Å². The van der Waals surface area contributed by atoms with E-state index in [1.165, 1.54) is 17.5 Å². The molecule has 0 aliphatic heterocycles. The lowest BCUT2D eigenvalue weighted by atomic mass is 10.2.